The minimum absolute atomic E-state index is 0.0217. The van der Waals surface area contributed by atoms with Crippen molar-refractivity contribution in [1.82, 2.24) is 5.32 Å². The van der Waals surface area contributed by atoms with Crippen LogP contribution in [0.25, 0.3) is 0 Å². The monoisotopic (exact) mass is 246 g/mol. The molecule has 100 valence electrons. The number of hydrogen-bond donors (Lipinski definition) is 2. The number of nitrogens with one attached hydrogen (secondary N) is 1. The lowest BCUT2D eigenvalue weighted by molar-refractivity contribution is -0.124. The van der Waals surface area contributed by atoms with Gasteiger partial charge in [0.2, 0.25) is 5.91 Å². The first kappa shape index (κ1) is 16.0. The highest BCUT2D eigenvalue weighted by atomic mass is 16.5. The van der Waals surface area contributed by atoms with Crippen LogP contribution in [0.4, 0.5) is 0 Å². The van der Waals surface area contributed by atoms with E-state index in [2.05, 4.69) is 5.32 Å². The molecule has 0 aliphatic heterocycles. The fourth-order valence-electron chi connectivity index (χ4n) is 1.05. The molecule has 0 aromatic heterocycles. The van der Waals surface area contributed by atoms with Gasteiger partial charge in [0.15, 0.2) is 0 Å². The Morgan fingerprint density at radius 2 is 1.71 bits per heavy atom. The fourth-order valence-corrected chi connectivity index (χ4v) is 1.05. The summed E-state index contributed by atoms with van der Waals surface area (Å²) in [6.07, 6.45) is 0.536. The van der Waals surface area contributed by atoms with Gasteiger partial charge in [-0.1, -0.05) is 0 Å². The molecule has 6 nitrogen and oxygen atoms in total. The minimum atomic E-state index is -0.122. The molecule has 1 amide bonds. The lowest BCUT2D eigenvalue weighted by atomic mass is 10.2. The zero-order valence-electron chi connectivity index (χ0n) is 10.4. The van der Waals surface area contributed by atoms with Crippen molar-refractivity contribution < 1.29 is 19.1 Å². The quantitative estimate of drug-likeness (QED) is 0.478. The van der Waals surface area contributed by atoms with Crippen molar-refractivity contribution in [2.75, 3.05) is 39.5 Å². The molecule has 3 N–H and O–H groups in total. The lowest BCUT2D eigenvalue weighted by Gasteiger charge is -2.06. The highest BCUT2D eigenvalue weighted by Gasteiger charge is 2.02. The van der Waals surface area contributed by atoms with Gasteiger partial charge in [0.25, 0.3) is 0 Å². The highest BCUT2D eigenvalue weighted by Crippen LogP contribution is 1.89. The SMILES string of the molecule is CC(=O)CCC(=O)NCCOCCOCCN. The Balaban J connectivity index is 3.16. The van der Waals surface area contributed by atoms with Crippen LogP contribution < -0.4 is 11.1 Å². The second-order valence-corrected chi connectivity index (χ2v) is 3.57. The third kappa shape index (κ3) is 13.0. The van der Waals surface area contributed by atoms with Gasteiger partial charge in [0.05, 0.1) is 26.4 Å². The summed E-state index contributed by atoms with van der Waals surface area (Å²) in [6.45, 7) is 4.40. The van der Waals surface area contributed by atoms with Crippen molar-refractivity contribution in [3.8, 4) is 0 Å². The minimum Gasteiger partial charge on any atom is -0.378 e. The lowest BCUT2D eigenvalue weighted by Crippen LogP contribution is -2.27. The summed E-state index contributed by atoms with van der Waals surface area (Å²) >= 11 is 0. The summed E-state index contributed by atoms with van der Waals surface area (Å²) in [5.74, 6) is -0.100. The van der Waals surface area contributed by atoms with Gasteiger partial charge < -0.3 is 25.3 Å². The van der Waals surface area contributed by atoms with Crippen molar-refractivity contribution in [1.29, 1.82) is 0 Å². The van der Waals surface area contributed by atoms with E-state index in [1.807, 2.05) is 0 Å². The molecule has 17 heavy (non-hydrogen) atoms. The number of Topliss-reactive ketones (excluding diaryl/α,β-unsaturated/α-hetero) is 1. The van der Waals surface area contributed by atoms with Crippen LogP contribution >= 0.6 is 0 Å². The molecule has 0 aromatic carbocycles. The van der Waals surface area contributed by atoms with Crippen LogP contribution in [0.1, 0.15) is 19.8 Å². The molecular weight excluding hydrogens is 224 g/mol. The second-order valence-electron chi connectivity index (χ2n) is 3.57. The predicted molar refractivity (Wildman–Crippen MR) is 63.6 cm³/mol. The number of hydrogen-bond acceptors (Lipinski definition) is 5. The number of carbonyl (C=O) groups is 2. The number of rotatable bonds is 11. The third-order valence-corrected chi connectivity index (χ3v) is 1.91. The summed E-state index contributed by atoms with van der Waals surface area (Å²) in [5.41, 5.74) is 5.24. The second kappa shape index (κ2) is 11.5. The van der Waals surface area contributed by atoms with Crippen LogP contribution in [-0.2, 0) is 19.1 Å². The van der Waals surface area contributed by atoms with Gasteiger partial charge in [-0.2, -0.15) is 0 Å². The van der Waals surface area contributed by atoms with Crippen LogP contribution in [-0.4, -0.2) is 51.2 Å². The van der Waals surface area contributed by atoms with Crippen LogP contribution in [0.2, 0.25) is 0 Å². The van der Waals surface area contributed by atoms with E-state index in [1.54, 1.807) is 0 Å². The Morgan fingerprint density at radius 1 is 1.06 bits per heavy atom. The Morgan fingerprint density at radius 3 is 2.29 bits per heavy atom. The molecule has 0 saturated heterocycles. The van der Waals surface area contributed by atoms with E-state index in [-0.39, 0.29) is 18.1 Å². The van der Waals surface area contributed by atoms with Crippen molar-refractivity contribution >= 4 is 11.7 Å². The van der Waals surface area contributed by atoms with Crippen LogP contribution in [0.5, 0.6) is 0 Å². The molecule has 0 unspecified atom stereocenters. The van der Waals surface area contributed by atoms with E-state index < -0.39 is 0 Å². The molecule has 0 bridgehead atoms. The van der Waals surface area contributed by atoms with Gasteiger partial charge >= 0.3 is 0 Å². The topological polar surface area (TPSA) is 90.7 Å². The number of carbonyl (C=O) groups excluding carboxylic acids is 2. The predicted octanol–water partition coefficient (Wildman–Crippen LogP) is -0.536. The maximum Gasteiger partial charge on any atom is 0.220 e. The summed E-state index contributed by atoms with van der Waals surface area (Å²) in [4.78, 5) is 21.8. The van der Waals surface area contributed by atoms with Crippen molar-refractivity contribution in [2.45, 2.75) is 19.8 Å². The first-order chi connectivity index (χ1) is 8.16. The first-order valence-electron chi connectivity index (χ1n) is 5.78. The molecule has 0 radical (unpaired) electrons. The molecule has 0 aliphatic rings. The zero-order valence-corrected chi connectivity index (χ0v) is 10.4. The average molecular weight is 246 g/mol. The number of nitrogens with two attached hydrogens (primary N) is 1. The molecule has 0 aliphatic carbocycles. The smallest absolute Gasteiger partial charge is 0.220 e. The molecule has 0 spiro atoms. The van der Waals surface area contributed by atoms with E-state index in [1.165, 1.54) is 6.92 Å². The van der Waals surface area contributed by atoms with Crippen LogP contribution in [0, 0.1) is 0 Å². The third-order valence-electron chi connectivity index (χ3n) is 1.91. The standard InChI is InChI=1S/C11H22N2O4/c1-10(14)2-3-11(15)13-5-7-17-9-8-16-6-4-12/h2-9,12H2,1H3,(H,13,15). The summed E-state index contributed by atoms with van der Waals surface area (Å²) in [6, 6.07) is 0. The number of ether oxygens (including phenoxy) is 2. The number of amides is 1. The Kier molecular flexibility index (Phi) is 10.8. The van der Waals surface area contributed by atoms with Crippen LogP contribution in [0.3, 0.4) is 0 Å². The number of ketones is 1. The van der Waals surface area contributed by atoms with Gasteiger partial charge in [-0.3, -0.25) is 4.79 Å². The largest absolute Gasteiger partial charge is 0.378 e. The van der Waals surface area contributed by atoms with E-state index in [0.29, 0.717) is 45.9 Å². The molecule has 0 fully saturated rings. The maximum absolute atomic E-state index is 11.2. The fraction of sp³-hybridized carbons (Fsp3) is 0.818. The maximum atomic E-state index is 11.2. The average Bonchev–Trinajstić information content (AvgIpc) is 2.30. The van der Waals surface area contributed by atoms with Crippen molar-refractivity contribution in [3.05, 3.63) is 0 Å². The van der Waals surface area contributed by atoms with Gasteiger partial charge in [0, 0.05) is 25.9 Å². The van der Waals surface area contributed by atoms with E-state index in [4.69, 9.17) is 15.2 Å². The Labute approximate surface area is 102 Å². The Hall–Kier alpha value is -0.980. The zero-order chi connectivity index (χ0) is 12.9. The van der Waals surface area contributed by atoms with E-state index >= 15 is 0 Å². The van der Waals surface area contributed by atoms with Gasteiger partial charge in [-0.05, 0) is 6.92 Å². The molecule has 6 heteroatoms. The summed E-state index contributed by atoms with van der Waals surface area (Å²) in [5, 5.41) is 2.66. The molecule has 0 rings (SSSR count). The van der Waals surface area contributed by atoms with Crippen molar-refractivity contribution in [2.24, 2.45) is 5.73 Å². The van der Waals surface area contributed by atoms with Gasteiger partial charge in [-0.25, -0.2) is 0 Å². The molecule has 0 atom stereocenters. The van der Waals surface area contributed by atoms with E-state index in [9.17, 15) is 9.59 Å². The first-order valence-corrected chi connectivity index (χ1v) is 5.78. The highest BCUT2D eigenvalue weighted by molar-refractivity contribution is 5.83. The molecular formula is C11H22N2O4. The summed E-state index contributed by atoms with van der Waals surface area (Å²) < 4.78 is 10.3. The van der Waals surface area contributed by atoms with Gasteiger partial charge in [0.1, 0.15) is 5.78 Å². The normalized spacial score (nSPS) is 10.2. The van der Waals surface area contributed by atoms with E-state index in [0.717, 1.165) is 0 Å². The van der Waals surface area contributed by atoms with Crippen LogP contribution in [0.15, 0.2) is 0 Å². The molecule has 0 aromatic rings. The van der Waals surface area contributed by atoms with Gasteiger partial charge in [-0.15, -0.1) is 0 Å². The molecule has 0 saturated carbocycles. The summed E-state index contributed by atoms with van der Waals surface area (Å²) in [7, 11) is 0. The Bertz CT molecular complexity index is 222. The molecule has 0 heterocycles. The van der Waals surface area contributed by atoms with Crippen molar-refractivity contribution in [3.63, 3.8) is 0 Å².